The molecule has 1 N–H and O–H groups in total. The van der Waals surface area contributed by atoms with E-state index in [2.05, 4.69) is 0 Å². The van der Waals surface area contributed by atoms with Crippen LogP contribution in [0.15, 0.2) is 24.3 Å². The summed E-state index contributed by atoms with van der Waals surface area (Å²) < 4.78 is 0. The smallest absolute Gasteiger partial charge is 0.317 e. The standard InChI is InChI=1S/C14H21N3O4/c1-11(12-5-4-6-13(9-12)17(20)21)16(10-14(18)19)8-7-15(2)3/h4-6,9,11H,7-8,10H2,1-3H3,(H,18,19). The quantitative estimate of drug-likeness (QED) is 0.579. The number of nitro benzene ring substituents is 1. The second kappa shape index (κ2) is 7.70. The van der Waals surface area contributed by atoms with Crippen molar-refractivity contribution in [2.24, 2.45) is 0 Å². The van der Waals surface area contributed by atoms with Gasteiger partial charge in [0.25, 0.3) is 5.69 Å². The molecular formula is C14H21N3O4. The SMILES string of the molecule is CC(c1cccc([N+](=O)[O-])c1)N(CCN(C)C)CC(=O)O. The van der Waals surface area contributed by atoms with Crippen molar-refractivity contribution in [1.29, 1.82) is 0 Å². The lowest BCUT2D eigenvalue weighted by molar-refractivity contribution is -0.384. The molecule has 21 heavy (non-hydrogen) atoms. The number of aliphatic carboxylic acids is 1. The number of non-ortho nitro benzene ring substituents is 1. The molecule has 0 fully saturated rings. The summed E-state index contributed by atoms with van der Waals surface area (Å²) in [5.41, 5.74) is 0.756. The minimum Gasteiger partial charge on any atom is -0.480 e. The van der Waals surface area contributed by atoms with E-state index in [1.165, 1.54) is 12.1 Å². The minimum atomic E-state index is -0.911. The van der Waals surface area contributed by atoms with Crippen molar-refractivity contribution in [1.82, 2.24) is 9.80 Å². The average molecular weight is 295 g/mol. The Morgan fingerprint density at radius 2 is 2.05 bits per heavy atom. The van der Waals surface area contributed by atoms with E-state index in [0.717, 1.165) is 5.56 Å². The molecule has 0 aromatic heterocycles. The molecule has 1 rings (SSSR count). The number of nitro groups is 1. The van der Waals surface area contributed by atoms with Crippen LogP contribution in [-0.2, 0) is 4.79 Å². The largest absolute Gasteiger partial charge is 0.480 e. The second-order valence-corrected chi connectivity index (χ2v) is 5.20. The number of rotatable bonds is 8. The fourth-order valence-corrected chi connectivity index (χ4v) is 2.02. The summed E-state index contributed by atoms with van der Waals surface area (Å²) >= 11 is 0. The van der Waals surface area contributed by atoms with Crippen molar-refractivity contribution in [3.63, 3.8) is 0 Å². The highest BCUT2D eigenvalue weighted by molar-refractivity contribution is 5.69. The molecule has 1 atom stereocenters. The van der Waals surface area contributed by atoms with Crippen LogP contribution in [-0.4, -0.2) is 59.5 Å². The van der Waals surface area contributed by atoms with Crippen molar-refractivity contribution in [2.75, 3.05) is 33.7 Å². The number of carboxylic acid groups (broad SMARTS) is 1. The third-order valence-corrected chi connectivity index (χ3v) is 3.28. The molecule has 7 nitrogen and oxygen atoms in total. The van der Waals surface area contributed by atoms with Gasteiger partial charge in [0.2, 0.25) is 0 Å². The predicted molar refractivity (Wildman–Crippen MR) is 79.3 cm³/mol. The molecule has 1 unspecified atom stereocenters. The summed E-state index contributed by atoms with van der Waals surface area (Å²) in [4.78, 5) is 25.1. The first-order valence-electron chi connectivity index (χ1n) is 6.66. The molecule has 1 aromatic rings. The summed E-state index contributed by atoms with van der Waals surface area (Å²) in [6, 6.07) is 6.12. The zero-order valence-electron chi connectivity index (χ0n) is 12.5. The molecule has 116 valence electrons. The van der Waals surface area contributed by atoms with Gasteiger partial charge in [-0.15, -0.1) is 0 Å². The monoisotopic (exact) mass is 295 g/mol. The van der Waals surface area contributed by atoms with Crippen LogP contribution < -0.4 is 0 Å². The zero-order valence-corrected chi connectivity index (χ0v) is 12.5. The van der Waals surface area contributed by atoms with E-state index in [1.807, 2.05) is 25.9 Å². The highest BCUT2D eigenvalue weighted by Gasteiger charge is 2.20. The Labute approximate surface area is 123 Å². The van der Waals surface area contributed by atoms with Crippen LogP contribution in [0.1, 0.15) is 18.5 Å². The molecule has 1 aromatic carbocycles. The maximum absolute atomic E-state index is 11.0. The molecule has 0 aliphatic carbocycles. The van der Waals surface area contributed by atoms with E-state index in [4.69, 9.17) is 5.11 Å². The van der Waals surface area contributed by atoms with E-state index in [9.17, 15) is 14.9 Å². The highest BCUT2D eigenvalue weighted by atomic mass is 16.6. The van der Waals surface area contributed by atoms with Crippen LogP contribution in [0.25, 0.3) is 0 Å². The van der Waals surface area contributed by atoms with Crippen LogP contribution in [0.5, 0.6) is 0 Å². The van der Waals surface area contributed by atoms with Gasteiger partial charge in [-0.3, -0.25) is 19.8 Å². The van der Waals surface area contributed by atoms with E-state index in [-0.39, 0.29) is 18.3 Å². The number of likely N-dealkylation sites (N-methyl/N-ethyl adjacent to an activating group) is 1. The predicted octanol–water partition coefficient (Wildman–Crippen LogP) is 1.60. The van der Waals surface area contributed by atoms with Crippen LogP contribution in [0.3, 0.4) is 0 Å². The fraction of sp³-hybridized carbons (Fsp3) is 0.500. The lowest BCUT2D eigenvalue weighted by Gasteiger charge is -2.28. The third-order valence-electron chi connectivity index (χ3n) is 3.28. The number of benzene rings is 1. The Morgan fingerprint density at radius 3 is 2.57 bits per heavy atom. The maximum atomic E-state index is 11.0. The minimum absolute atomic E-state index is 0.0160. The molecule has 0 saturated carbocycles. The van der Waals surface area contributed by atoms with Crippen molar-refractivity contribution >= 4 is 11.7 Å². The molecule has 0 spiro atoms. The number of hydrogen-bond donors (Lipinski definition) is 1. The summed E-state index contributed by atoms with van der Waals surface area (Å²) in [5, 5.41) is 19.9. The number of carbonyl (C=O) groups is 1. The van der Waals surface area contributed by atoms with E-state index >= 15 is 0 Å². The molecule has 0 amide bonds. The molecule has 0 radical (unpaired) electrons. The molecule has 0 saturated heterocycles. The second-order valence-electron chi connectivity index (χ2n) is 5.20. The lowest BCUT2D eigenvalue weighted by atomic mass is 10.1. The van der Waals surface area contributed by atoms with E-state index < -0.39 is 10.9 Å². The van der Waals surface area contributed by atoms with E-state index in [0.29, 0.717) is 13.1 Å². The third kappa shape index (κ3) is 5.49. The first-order chi connectivity index (χ1) is 9.81. The van der Waals surface area contributed by atoms with Crippen LogP contribution in [0, 0.1) is 10.1 Å². The van der Waals surface area contributed by atoms with Gasteiger partial charge in [-0.1, -0.05) is 12.1 Å². The van der Waals surface area contributed by atoms with Gasteiger partial charge in [-0.05, 0) is 26.6 Å². The topological polar surface area (TPSA) is 86.9 Å². The Morgan fingerprint density at radius 1 is 1.38 bits per heavy atom. The summed E-state index contributed by atoms with van der Waals surface area (Å²) in [5.74, 6) is -0.911. The van der Waals surface area contributed by atoms with E-state index in [1.54, 1.807) is 17.0 Å². The molecule has 7 heteroatoms. The van der Waals surface area contributed by atoms with Gasteiger partial charge < -0.3 is 10.0 Å². The van der Waals surface area contributed by atoms with Gasteiger partial charge in [0.15, 0.2) is 0 Å². The number of nitrogens with zero attached hydrogens (tertiary/aromatic N) is 3. The van der Waals surface area contributed by atoms with Crippen LogP contribution in [0.2, 0.25) is 0 Å². The van der Waals surface area contributed by atoms with Crippen molar-refractivity contribution in [3.05, 3.63) is 39.9 Å². The summed E-state index contributed by atoms with van der Waals surface area (Å²) in [6.45, 7) is 3.05. The maximum Gasteiger partial charge on any atom is 0.317 e. The number of hydrogen-bond acceptors (Lipinski definition) is 5. The summed E-state index contributed by atoms with van der Waals surface area (Å²) in [7, 11) is 3.83. The Kier molecular flexibility index (Phi) is 6.26. The average Bonchev–Trinajstić information content (AvgIpc) is 2.42. The van der Waals surface area contributed by atoms with Gasteiger partial charge >= 0.3 is 5.97 Å². The summed E-state index contributed by atoms with van der Waals surface area (Å²) in [6.07, 6.45) is 0. The zero-order chi connectivity index (χ0) is 16.0. The van der Waals surface area contributed by atoms with Crippen LogP contribution >= 0.6 is 0 Å². The lowest BCUT2D eigenvalue weighted by Crippen LogP contribution is -2.37. The van der Waals surface area contributed by atoms with Crippen molar-refractivity contribution in [3.8, 4) is 0 Å². The fourth-order valence-electron chi connectivity index (χ4n) is 2.02. The molecule has 0 aliphatic rings. The molecular weight excluding hydrogens is 274 g/mol. The van der Waals surface area contributed by atoms with Gasteiger partial charge in [-0.25, -0.2) is 0 Å². The highest BCUT2D eigenvalue weighted by Crippen LogP contribution is 2.23. The van der Waals surface area contributed by atoms with Gasteiger partial charge in [0.1, 0.15) is 0 Å². The number of carboxylic acids is 1. The first kappa shape index (κ1) is 17.1. The van der Waals surface area contributed by atoms with Gasteiger partial charge in [-0.2, -0.15) is 0 Å². The molecule has 0 heterocycles. The van der Waals surface area contributed by atoms with Crippen molar-refractivity contribution in [2.45, 2.75) is 13.0 Å². The Balaban J connectivity index is 2.92. The van der Waals surface area contributed by atoms with Gasteiger partial charge in [0, 0.05) is 31.3 Å². The normalized spacial score (nSPS) is 12.6. The Bertz CT molecular complexity index is 505. The van der Waals surface area contributed by atoms with Gasteiger partial charge in [0.05, 0.1) is 11.5 Å². The molecule has 0 bridgehead atoms. The first-order valence-corrected chi connectivity index (χ1v) is 6.66. The molecule has 0 aliphatic heterocycles. The van der Waals surface area contributed by atoms with Crippen molar-refractivity contribution < 1.29 is 14.8 Å². The van der Waals surface area contributed by atoms with Crippen LogP contribution in [0.4, 0.5) is 5.69 Å². The Hall–Kier alpha value is -1.99.